The smallest absolute Gasteiger partial charge is 0.241 e. The molecule has 8 heteroatoms. The average Bonchev–Trinajstić information content (AvgIpc) is 2.77. The molecule has 2 aromatic carbocycles. The van der Waals surface area contributed by atoms with Gasteiger partial charge in [0, 0.05) is 11.8 Å². The fourth-order valence-electron chi connectivity index (χ4n) is 3.94. The van der Waals surface area contributed by atoms with Crippen molar-refractivity contribution in [1.82, 2.24) is 0 Å². The maximum atomic E-state index is 12.6. The molecule has 0 unspecified atom stereocenters. The Kier molecular flexibility index (Phi) is 8.93. The molecule has 0 bridgehead atoms. The number of halogens is 1. The van der Waals surface area contributed by atoms with E-state index < -0.39 is 6.04 Å². The summed E-state index contributed by atoms with van der Waals surface area (Å²) >= 11 is 3.53. The van der Waals surface area contributed by atoms with Crippen LogP contribution in [0.2, 0.25) is 0 Å². The third-order valence-electron chi connectivity index (χ3n) is 5.69. The number of guanidine groups is 1. The average molecular weight is 502 g/mol. The van der Waals surface area contributed by atoms with Crippen molar-refractivity contribution in [3.8, 4) is 5.75 Å². The first-order valence-corrected chi connectivity index (χ1v) is 11.9. The lowest BCUT2D eigenvalue weighted by Gasteiger charge is -2.21. The molecule has 7 nitrogen and oxygen atoms in total. The van der Waals surface area contributed by atoms with Crippen molar-refractivity contribution in [1.29, 1.82) is 0 Å². The molecule has 0 aliphatic heterocycles. The first-order valence-electron chi connectivity index (χ1n) is 11.1. The molecule has 1 amide bonds. The van der Waals surface area contributed by atoms with Crippen LogP contribution in [0.5, 0.6) is 5.75 Å². The highest BCUT2D eigenvalue weighted by Gasteiger charge is 2.16. The highest BCUT2D eigenvalue weighted by atomic mass is 79.9. The quantitative estimate of drug-likeness (QED) is 0.302. The number of rotatable bonds is 9. The van der Waals surface area contributed by atoms with Crippen LogP contribution in [-0.2, 0) is 11.2 Å². The van der Waals surface area contributed by atoms with Crippen LogP contribution in [0.1, 0.15) is 44.1 Å². The number of amides is 1. The maximum Gasteiger partial charge on any atom is 0.241 e. The van der Waals surface area contributed by atoms with E-state index in [-0.39, 0.29) is 11.9 Å². The Bertz CT molecular complexity index is 922. The monoisotopic (exact) mass is 501 g/mol. The summed E-state index contributed by atoms with van der Waals surface area (Å²) in [4.78, 5) is 16.6. The second-order valence-corrected chi connectivity index (χ2v) is 9.14. The number of carbonyl (C=O) groups excluding carboxylic acids is 1. The Balaban J connectivity index is 1.52. The zero-order valence-corrected chi connectivity index (χ0v) is 19.8. The molecule has 0 aromatic heterocycles. The van der Waals surface area contributed by atoms with Crippen LogP contribution < -0.4 is 27.3 Å². The van der Waals surface area contributed by atoms with Crippen LogP contribution in [0.3, 0.4) is 0 Å². The van der Waals surface area contributed by atoms with Gasteiger partial charge in [-0.3, -0.25) is 4.79 Å². The summed E-state index contributed by atoms with van der Waals surface area (Å²) in [5.41, 5.74) is 19.1. The van der Waals surface area contributed by atoms with Crippen molar-refractivity contribution in [3.05, 3.63) is 52.5 Å². The summed E-state index contributed by atoms with van der Waals surface area (Å²) in [5, 5.41) is 2.89. The third-order valence-corrected chi connectivity index (χ3v) is 6.35. The number of nitrogens with one attached hydrogen (secondary N) is 1. The van der Waals surface area contributed by atoms with Crippen molar-refractivity contribution in [2.24, 2.45) is 28.1 Å². The maximum absolute atomic E-state index is 12.6. The van der Waals surface area contributed by atoms with E-state index >= 15 is 0 Å². The molecule has 1 aliphatic rings. The second kappa shape index (κ2) is 11.9. The summed E-state index contributed by atoms with van der Waals surface area (Å²) in [6.07, 6.45) is 8.08. The van der Waals surface area contributed by atoms with E-state index in [1.165, 1.54) is 32.1 Å². The first kappa shape index (κ1) is 24.1. The third kappa shape index (κ3) is 7.53. The molecule has 0 saturated heterocycles. The SMILES string of the molecule is NC(N)=Nc1ccc(C[C@H](N)C(=O)Nc2ccc(Br)c(OCCC3CCCCC3)c2)cc1. The summed E-state index contributed by atoms with van der Waals surface area (Å²) in [5.74, 6) is 1.23. The van der Waals surface area contributed by atoms with Gasteiger partial charge >= 0.3 is 0 Å². The first-order chi connectivity index (χ1) is 15.4. The van der Waals surface area contributed by atoms with E-state index in [4.69, 9.17) is 21.9 Å². The van der Waals surface area contributed by atoms with Gasteiger partial charge in [-0.2, -0.15) is 0 Å². The lowest BCUT2D eigenvalue weighted by Crippen LogP contribution is -2.37. The van der Waals surface area contributed by atoms with E-state index in [2.05, 4.69) is 26.2 Å². The van der Waals surface area contributed by atoms with Crippen LogP contribution in [0, 0.1) is 5.92 Å². The van der Waals surface area contributed by atoms with Crippen molar-refractivity contribution in [2.45, 2.75) is 51.0 Å². The number of hydrogen-bond acceptors (Lipinski definition) is 4. The molecule has 1 atom stereocenters. The topological polar surface area (TPSA) is 129 Å². The number of hydrogen-bond donors (Lipinski definition) is 4. The number of ether oxygens (including phenoxy) is 1. The van der Waals surface area contributed by atoms with Gasteiger partial charge < -0.3 is 27.3 Å². The van der Waals surface area contributed by atoms with Gasteiger partial charge in [0.2, 0.25) is 5.91 Å². The molecule has 3 rings (SSSR count). The number of nitrogens with two attached hydrogens (primary N) is 3. The van der Waals surface area contributed by atoms with Crippen LogP contribution >= 0.6 is 15.9 Å². The Morgan fingerprint density at radius 1 is 1.12 bits per heavy atom. The molecule has 32 heavy (non-hydrogen) atoms. The highest BCUT2D eigenvalue weighted by molar-refractivity contribution is 9.10. The van der Waals surface area contributed by atoms with Gasteiger partial charge in [-0.05, 0) is 64.5 Å². The normalized spacial score (nSPS) is 15.1. The van der Waals surface area contributed by atoms with Gasteiger partial charge in [0.1, 0.15) is 5.75 Å². The van der Waals surface area contributed by atoms with Crippen LogP contribution in [0.15, 0.2) is 51.9 Å². The molecule has 1 fully saturated rings. The van der Waals surface area contributed by atoms with E-state index in [1.54, 1.807) is 12.1 Å². The summed E-state index contributed by atoms with van der Waals surface area (Å²) in [7, 11) is 0. The van der Waals surface area contributed by atoms with Crippen LogP contribution in [-0.4, -0.2) is 24.5 Å². The van der Waals surface area contributed by atoms with Crippen LogP contribution in [0.25, 0.3) is 0 Å². The summed E-state index contributed by atoms with van der Waals surface area (Å²) in [6.45, 7) is 0.677. The van der Waals surface area contributed by atoms with Crippen molar-refractivity contribution >= 4 is 39.2 Å². The zero-order chi connectivity index (χ0) is 22.9. The van der Waals surface area contributed by atoms with Crippen molar-refractivity contribution in [3.63, 3.8) is 0 Å². The second-order valence-electron chi connectivity index (χ2n) is 8.29. The Morgan fingerprint density at radius 2 is 1.84 bits per heavy atom. The molecule has 2 aromatic rings. The largest absolute Gasteiger partial charge is 0.492 e. The number of benzene rings is 2. The fourth-order valence-corrected chi connectivity index (χ4v) is 4.30. The Labute approximate surface area is 197 Å². The molecule has 1 aliphatic carbocycles. The minimum absolute atomic E-state index is 0.000613. The number of nitrogens with zero attached hydrogens (tertiary/aromatic N) is 1. The van der Waals surface area contributed by atoms with Gasteiger partial charge in [-0.25, -0.2) is 4.99 Å². The van der Waals surface area contributed by atoms with Gasteiger partial charge in [-0.15, -0.1) is 0 Å². The van der Waals surface area contributed by atoms with Gasteiger partial charge in [0.05, 0.1) is 22.8 Å². The number of aliphatic imine (C=N–C) groups is 1. The molecular formula is C24H32BrN5O2. The fraction of sp³-hybridized carbons (Fsp3) is 0.417. The summed E-state index contributed by atoms with van der Waals surface area (Å²) < 4.78 is 6.86. The summed E-state index contributed by atoms with van der Waals surface area (Å²) in [6, 6.07) is 12.1. The molecule has 1 saturated carbocycles. The van der Waals surface area contributed by atoms with Gasteiger partial charge in [0.25, 0.3) is 0 Å². The molecule has 0 radical (unpaired) electrons. The minimum atomic E-state index is -0.691. The molecule has 7 N–H and O–H groups in total. The van der Waals surface area contributed by atoms with E-state index in [9.17, 15) is 4.79 Å². The van der Waals surface area contributed by atoms with Gasteiger partial charge in [-0.1, -0.05) is 44.2 Å². The van der Waals surface area contributed by atoms with E-state index in [0.29, 0.717) is 24.4 Å². The standard InChI is InChI=1S/C24H32BrN5O2/c25-20-11-10-19(15-22(20)32-13-12-16-4-2-1-3-5-16)29-23(31)21(26)14-17-6-8-18(9-7-17)30-24(27)28/h6-11,15-16,21H,1-5,12-14,26H2,(H,29,31)(H4,27,28,30)/t21-/m0/s1. The molecule has 0 spiro atoms. The Morgan fingerprint density at radius 3 is 2.53 bits per heavy atom. The zero-order valence-electron chi connectivity index (χ0n) is 18.2. The molecular weight excluding hydrogens is 470 g/mol. The highest BCUT2D eigenvalue weighted by Crippen LogP contribution is 2.30. The predicted molar refractivity (Wildman–Crippen MR) is 133 cm³/mol. The molecule has 172 valence electrons. The van der Waals surface area contributed by atoms with Gasteiger partial charge in [0.15, 0.2) is 5.96 Å². The van der Waals surface area contributed by atoms with Crippen LogP contribution in [0.4, 0.5) is 11.4 Å². The lowest BCUT2D eigenvalue weighted by molar-refractivity contribution is -0.117. The minimum Gasteiger partial charge on any atom is -0.492 e. The number of carbonyl (C=O) groups is 1. The van der Waals surface area contributed by atoms with E-state index in [1.807, 2.05) is 30.3 Å². The van der Waals surface area contributed by atoms with Crippen molar-refractivity contribution in [2.75, 3.05) is 11.9 Å². The number of anilines is 1. The predicted octanol–water partition coefficient (Wildman–Crippen LogP) is 4.21. The van der Waals surface area contributed by atoms with Crippen molar-refractivity contribution < 1.29 is 9.53 Å². The van der Waals surface area contributed by atoms with E-state index in [0.717, 1.165) is 28.1 Å². The molecule has 0 heterocycles. The Hall–Kier alpha value is -2.58. The lowest BCUT2D eigenvalue weighted by atomic mass is 9.87.